The van der Waals surface area contributed by atoms with Crippen molar-refractivity contribution in [2.45, 2.75) is 6.61 Å². The fourth-order valence-electron chi connectivity index (χ4n) is 1.67. The number of ether oxygens (including phenoxy) is 3. The molecule has 0 atom stereocenters. The van der Waals surface area contributed by atoms with Gasteiger partial charge in [0.2, 0.25) is 6.79 Å². The SMILES string of the molecule is O=C(O)c1cc2c(cc1OCc1cscn1)OCO2. The van der Waals surface area contributed by atoms with Gasteiger partial charge >= 0.3 is 5.97 Å². The van der Waals surface area contributed by atoms with Gasteiger partial charge in [-0.05, 0) is 0 Å². The molecule has 2 aromatic rings. The fourth-order valence-corrected chi connectivity index (χ4v) is 2.21. The average Bonchev–Trinajstić information content (AvgIpc) is 3.05. The molecule has 1 aliphatic heterocycles. The van der Waals surface area contributed by atoms with E-state index in [1.54, 1.807) is 5.51 Å². The Balaban J connectivity index is 1.88. The zero-order valence-corrected chi connectivity index (χ0v) is 10.5. The summed E-state index contributed by atoms with van der Waals surface area (Å²) in [5.41, 5.74) is 2.48. The molecule has 0 saturated carbocycles. The highest BCUT2D eigenvalue weighted by atomic mass is 32.1. The molecule has 98 valence electrons. The van der Waals surface area contributed by atoms with Gasteiger partial charge in [-0.15, -0.1) is 11.3 Å². The van der Waals surface area contributed by atoms with Crippen molar-refractivity contribution in [1.29, 1.82) is 0 Å². The zero-order valence-electron chi connectivity index (χ0n) is 9.66. The predicted octanol–water partition coefficient (Wildman–Crippen LogP) is 2.15. The Labute approximate surface area is 112 Å². The van der Waals surface area contributed by atoms with Crippen molar-refractivity contribution in [3.05, 3.63) is 34.3 Å². The Hall–Kier alpha value is -2.28. The molecule has 2 heterocycles. The lowest BCUT2D eigenvalue weighted by molar-refractivity contribution is 0.0691. The van der Waals surface area contributed by atoms with E-state index < -0.39 is 5.97 Å². The first-order valence-electron chi connectivity index (χ1n) is 5.41. The number of aromatic nitrogens is 1. The van der Waals surface area contributed by atoms with Crippen LogP contribution >= 0.6 is 11.3 Å². The van der Waals surface area contributed by atoms with Crippen LogP contribution in [0.4, 0.5) is 0 Å². The van der Waals surface area contributed by atoms with Gasteiger partial charge in [0.15, 0.2) is 11.5 Å². The number of carboxylic acid groups (broad SMARTS) is 1. The topological polar surface area (TPSA) is 77.9 Å². The van der Waals surface area contributed by atoms with Crippen LogP contribution < -0.4 is 14.2 Å². The van der Waals surface area contributed by atoms with E-state index in [0.717, 1.165) is 5.69 Å². The predicted molar refractivity (Wildman–Crippen MR) is 66.0 cm³/mol. The van der Waals surface area contributed by atoms with Crippen molar-refractivity contribution in [1.82, 2.24) is 4.98 Å². The number of carboxylic acids is 1. The van der Waals surface area contributed by atoms with Crippen molar-refractivity contribution < 1.29 is 24.1 Å². The first-order chi connectivity index (χ1) is 9.24. The molecule has 0 aliphatic carbocycles. The minimum Gasteiger partial charge on any atom is -0.486 e. The molecule has 1 aliphatic rings. The van der Waals surface area contributed by atoms with Crippen molar-refractivity contribution in [2.24, 2.45) is 0 Å². The number of hydrogen-bond donors (Lipinski definition) is 1. The molecule has 1 aromatic heterocycles. The molecule has 1 aromatic carbocycles. The normalized spacial score (nSPS) is 12.4. The number of hydrogen-bond acceptors (Lipinski definition) is 6. The molecular weight excluding hydrogens is 270 g/mol. The van der Waals surface area contributed by atoms with E-state index in [1.165, 1.54) is 23.5 Å². The second-order valence-electron chi connectivity index (χ2n) is 3.78. The van der Waals surface area contributed by atoms with Crippen LogP contribution in [0.2, 0.25) is 0 Å². The number of aromatic carboxylic acids is 1. The Morgan fingerprint density at radius 2 is 2.21 bits per heavy atom. The highest BCUT2D eigenvalue weighted by Crippen LogP contribution is 2.38. The van der Waals surface area contributed by atoms with Gasteiger partial charge in [0.25, 0.3) is 0 Å². The number of fused-ring (bicyclic) bond motifs is 1. The lowest BCUT2D eigenvalue weighted by Gasteiger charge is -2.09. The zero-order chi connectivity index (χ0) is 13.2. The first-order valence-corrected chi connectivity index (χ1v) is 6.35. The number of carbonyl (C=O) groups is 1. The maximum Gasteiger partial charge on any atom is 0.339 e. The summed E-state index contributed by atoms with van der Waals surface area (Å²) in [6.07, 6.45) is 0. The summed E-state index contributed by atoms with van der Waals surface area (Å²) in [7, 11) is 0. The minimum absolute atomic E-state index is 0.0412. The molecule has 1 N–H and O–H groups in total. The summed E-state index contributed by atoms with van der Waals surface area (Å²) >= 11 is 1.45. The van der Waals surface area contributed by atoms with Crippen LogP contribution in [0.5, 0.6) is 17.2 Å². The fraction of sp³-hybridized carbons (Fsp3) is 0.167. The molecule has 0 amide bonds. The number of nitrogens with zero attached hydrogens (tertiary/aromatic N) is 1. The molecule has 0 saturated heterocycles. The van der Waals surface area contributed by atoms with Crippen molar-refractivity contribution in [3.63, 3.8) is 0 Å². The van der Waals surface area contributed by atoms with Crippen LogP contribution in [0, 0.1) is 0 Å². The van der Waals surface area contributed by atoms with Gasteiger partial charge in [-0.25, -0.2) is 9.78 Å². The summed E-state index contributed by atoms with van der Waals surface area (Å²) in [5.74, 6) is 0.0630. The van der Waals surface area contributed by atoms with Gasteiger partial charge in [-0.1, -0.05) is 0 Å². The monoisotopic (exact) mass is 279 g/mol. The van der Waals surface area contributed by atoms with Crippen molar-refractivity contribution >= 4 is 17.3 Å². The van der Waals surface area contributed by atoms with E-state index in [4.69, 9.17) is 19.3 Å². The standard InChI is InChI=1S/C12H9NO5S/c14-12(15)8-1-10-11(18-6-17-10)2-9(8)16-3-7-4-19-5-13-7/h1-2,4-5H,3,6H2,(H,14,15). The molecule has 0 unspecified atom stereocenters. The minimum atomic E-state index is -1.08. The Morgan fingerprint density at radius 1 is 1.42 bits per heavy atom. The van der Waals surface area contributed by atoms with E-state index in [0.29, 0.717) is 11.5 Å². The Bertz CT molecular complexity index is 611. The lowest BCUT2D eigenvalue weighted by atomic mass is 10.2. The van der Waals surface area contributed by atoms with Gasteiger partial charge in [-0.2, -0.15) is 0 Å². The molecule has 7 heteroatoms. The summed E-state index contributed by atoms with van der Waals surface area (Å²) in [6.45, 7) is 0.299. The van der Waals surface area contributed by atoms with E-state index >= 15 is 0 Å². The van der Waals surface area contributed by atoms with Crippen LogP contribution in [0.3, 0.4) is 0 Å². The van der Waals surface area contributed by atoms with Gasteiger partial charge in [0.1, 0.15) is 17.9 Å². The number of rotatable bonds is 4. The average molecular weight is 279 g/mol. The number of thiazole rings is 1. The Morgan fingerprint density at radius 3 is 2.89 bits per heavy atom. The van der Waals surface area contributed by atoms with E-state index in [1.807, 2.05) is 5.38 Å². The second kappa shape index (κ2) is 4.77. The van der Waals surface area contributed by atoms with Gasteiger partial charge in [-0.3, -0.25) is 0 Å². The summed E-state index contributed by atoms with van der Waals surface area (Å²) in [6, 6.07) is 2.93. The van der Waals surface area contributed by atoms with E-state index in [-0.39, 0.29) is 24.7 Å². The van der Waals surface area contributed by atoms with Crippen LogP contribution in [0.15, 0.2) is 23.0 Å². The van der Waals surface area contributed by atoms with E-state index in [9.17, 15) is 4.79 Å². The molecule has 0 bridgehead atoms. The van der Waals surface area contributed by atoms with Crippen LogP contribution in [-0.2, 0) is 6.61 Å². The van der Waals surface area contributed by atoms with E-state index in [2.05, 4.69) is 4.98 Å². The van der Waals surface area contributed by atoms with Crippen molar-refractivity contribution in [3.8, 4) is 17.2 Å². The highest BCUT2D eigenvalue weighted by molar-refractivity contribution is 7.07. The molecule has 0 fully saturated rings. The quantitative estimate of drug-likeness (QED) is 0.924. The third-order valence-electron chi connectivity index (χ3n) is 2.56. The molecule has 3 rings (SSSR count). The molecule has 0 spiro atoms. The maximum absolute atomic E-state index is 11.2. The molecular formula is C12H9NO5S. The maximum atomic E-state index is 11.2. The summed E-state index contributed by atoms with van der Waals surface area (Å²) in [5, 5.41) is 11.0. The molecule has 0 radical (unpaired) electrons. The Kier molecular flexibility index (Phi) is 2.96. The second-order valence-corrected chi connectivity index (χ2v) is 4.49. The largest absolute Gasteiger partial charge is 0.486 e. The number of benzene rings is 1. The van der Waals surface area contributed by atoms with Crippen LogP contribution in [0.1, 0.15) is 16.1 Å². The van der Waals surface area contributed by atoms with Crippen molar-refractivity contribution in [2.75, 3.05) is 6.79 Å². The third kappa shape index (κ3) is 2.32. The lowest BCUT2D eigenvalue weighted by Crippen LogP contribution is -2.03. The van der Waals surface area contributed by atoms with Gasteiger partial charge in [0.05, 0.1) is 11.2 Å². The van der Waals surface area contributed by atoms with Crippen LogP contribution in [0.25, 0.3) is 0 Å². The third-order valence-corrected chi connectivity index (χ3v) is 3.20. The van der Waals surface area contributed by atoms with Gasteiger partial charge in [0, 0.05) is 17.5 Å². The summed E-state index contributed by atoms with van der Waals surface area (Å²) < 4.78 is 15.8. The van der Waals surface area contributed by atoms with Crippen LogP contribution in [-0.4, -0.2) is 22.9 Å². The molecule has 19 heavy (non-hydrogen) atoms. The first kappa shape index (κ1) is 11.8. The van der Waals surface area contributed by atoms with Gasteiger partial charge < -0.3 is 19.3 Å². The smallest absolute Gasteiger partial charge is 0.339 e. The highest BCUT2D eigenvalue weighted by Gasteiger charge is 2.21. The molecule has 6 nitrogen and oxygen atoms in total. The summed E-state index contributed by atoms with van der Waals surface area (Å²) in [4.78, 5) is 15.3.